The van der Waals surface area contributed by atoms with Gasteiger partial charge >= 0.3 is 0 Å². The molecule has 21 heavy (non-hydrogen) atoms. The molecule has 0 radical (unpaired) electrons. The summed E-state index contributed by atoms with van der Waals surface area (Å²) >= 11 is 0. The predicted octanol–water partition coefficient (Wildman–Crippen LogP) is 2.22. The Kier molecular flexibility index (Phi) is 7.54. The van der Waals surface area contributed by atoms with Crippen LogP contribution in [0.5, 0.6) is 5.75 Å². The van der Waals surface area contributed by atoms with Crippen LogP contribution in [-0.2, 0) is 4.79 Å². The SMILES string of the molecule is Cc1cccc(C)c1OCCNC(=O)C1CCNCC1.Cl. The molecule has 0 aliphatic carbocycles. The van der Waals surface area contributed by atoms with E-state index in [-0.39, 0.29) is 24.2 Å². The summed E-state index contributed by atoms with van der Waals surface area (Å²) in [7, 11) is 0. The summed E-state index contributed by atoms with van der Waals surface area (Å²) in [4.78, 5) is 11.9. The number of rotatable bonds is 5. The number of carbonyl (C=O) groups is 1. The van der Waals surface area contributed by atoms with Gasteiger partial charge in [-0.2, -0.15) is 0 Å². The van der Waals surface area contributed by atoms with Crippen LogP contribution in [0.1, 0.15) is 24.0 Å². The molecule has 0 unspecified atom stereocenters. The molecule has 5 heteroatoms. The maximum absolute atomic E-state index is 11.9. The number of nitrogens with one attached hydrogen (secondary N) is 2. The monoisotopic (exact) mass is 312 g/mol. The Morgan fingerprint density at radius 1 is 1.29 bits per heavy atom. The fourth-order valence-electron chi connectivity index (χ4n) is 2.58. The third kappa shape index (κ3) is 5.21. The molecule has 1 aromatic rings. The molecule has 0 spiro atoms. The van der Waals surface area contributed by atoms with E-state index in [4.69, 9.17) is 4.74 Å². The Bertz CT molecular complexity index is 439. The molecule has 1 aromatic carbocycles. The fourth-order valence-corrected chi connectivity index (χ4v) is 2.58. The van der Waals surface area contributed by atoms with Crippen LogP contribution in [0.3, 0.4) is 0 Å². The van der Waals surface area contributed by atoms with Crippen LogP contribution in [0.25, 0.3) is 0 Å². The maximum Gasteiger partial charge on any atom is 0.223 e. The summed E-state index contributed by atoms with van der Waals surface area (Å²) in [6.45, 7) is 7.04. The van der Waals surface area contributed by atoms with E-state index >= 15 is 0 Å². The summed E-state index contributed by atoms with van der Waals surface area (Å²) in [6, 6.07) is 6.10. The van der Waals surface area contributed by atoms with Crippen molar-refractivity contribution in [2.45, 2.75) is 26.7 Å². The largest absolute Gasteiger partial charge is 0.491 e. The van der Waals surface area contributed by atoms with Crippen molar-refractivity contribution in [3.05, 3.63) is 29.3 Å². The summed E-state index contributed by atoms with van der Waals surface area (Å²) < 4.78 is 5.78. The molecule has 1 aliphatic heterocycles. The molecule has 0 saturated carbocycles. The first-order valence-corrected chi connectivity index (χ1v) is 7.36. The molecule has 2 N–H and O–H groups in total. The molecule has 1 saturated heterocycles. The highest BCUT2D eigenvalue weighted by Crippen LogP contribution is 2.21. The lowest BCUT2D eigenvalue weighted by Gasteiger charge is -2.21. The number of para-hydroxylation sites is 1. The van der Waals surface area contributed by atoms with Gasteiger partial charge in [0.25, 0.3) is 0 Å². The summed E-state index contributed by atoms with van der Waals surface area (Å²) in [5.74, 6) is 1.26. The van der Waals surface area contributed by atoms with E-state index in [1.807, 2.05) is 32.0 Å². The first-order valence-electron chi connectivity index (χ1n) is 7.36. The van der Waals surface area contributed by atoms with Crippen LogP contribution >= 0.6 is 12.4 Å². The minimum Gasteiger partial charge on any atom is -0.491 e. The molecule has 4 nitrogen and oxygen atoms in total. The number of ether oxygens (including phenoxy) is 1. The van der Waals surface area contributed by atoms with Crippen LogP contribution < -0.4 is 15.4 Å². The van der Waals surface area contributed by atoms with Crippen LogP contribution in [0.2, 0.25) is 0 Å². The Labute approximate surface area is 133 Å². The van der Waals surface area contributed by atoms with Gasteiger partial charge in [0.15, 0.2) is 0 Å². The molecular formula is C16H25ClN2O2. The predicted molar refractivity (Wildman–Crippen MR) is 87.3 cm³/mol. The molecule has 1 fully saturated rings. The van der Waals surface area contributed by atoms with Crippen molar-refractivity contribution in [1.82, 2.24) is 10.6 Å². The number of aryl methyl sites for hydroxylation is 2. The van der Waals surface area contributed by atoms with Gasteiger partial charge in [0.1, 0.15) is 12.4 Å². The van der Waals surface area contributed by atoms with E-state index < -0.39 is 0 Å². The van der Waals surface area contributed by atoms with E-state index in [9.17, 15) is 4.79 Å². The first kappa shape index (κ1) is 17.8. The maximum atomic E-state index is 11.9. The van der Waals surface area contributed by atoms with Crippen molar-refractivity contribution in [2.24, 2.45) is 5.92 Å². The highest BCUT2D eigenvalue weighted by molar-refractivity contribution is 5.85. The second-order valence-electron chi connectivity index (χ2n) is 5.38. The molecule has 118 valence electrons. The van der Waals surface area contributed by atoms with Crippen LogP contribution in [0.15, 0.2) is 18.2 Å². The third-order valence-corrected chi connectivity index (χ3v) is 3.77. The van der Waals surface area contributed by atoms with E-state index in [2.05, 4.69) is 10.6 Å². The molecule has 0 bridgehead atoms. The lowest BCUT2D eigenvalue weighted by atomic mass is 9.97. The van der Waals surface area contributed by atoms with Crippen molar-refractivity contribution >= 4 is 18.3 Å². The van der Waals surface area contributed by atoms with Gasteiger partial charge in [0.2, 0.25) is 5.91 Å². The van der Waals surface area contributed by atoms with Crippen LogP contribution in [-0.4, -0.2) is 32.1 Å². The third-order valence-electron chi connectivity index (χ3n) is 3.77. The van der Waals surface area contributed by atoms with E-state index in [0.29, 0.717) is 13.2 Å². The highest BCUT2D eigenvalue weighted by atomic mass is 35.5. The van der Waals surface area contributed by atoms with E-state index in [0.717, 1.165) is 42.8 Å². The Hall–Kier alpha value is -1.26. The second kappa shape index (κ2) is 8.90. The molecule has 2 rings (SSSR count). The number of halogens is 1. The van der Waals surface area contributed by atoms with Gasteiger partial charge < -0.3 is 15.4 Å². The van der Waals surface area contributed by atoms with Crippen molar-refractivity contribution < 1.29 is 9.53 Å². The average Bonchev–Trinajstić information content (AvgIpc) is 2.46. The number of amides is 1. The molecule has 1 aliphatic rings. The number of carbonyl (C=O) groups excluding carboxylic acids is 1. The van der Waals surface area contributed by atoms with Gasteiger partial charge in [0, 0.05) is 5.92 Å². The van der Waals surface area contributed by atoms with Crippen LogP contribution in [0, 0.1) is 19.8 Å². The zero-order chi connectivity index (χ0) is 14.4. The van der Waals surface area contributed by atoms with Crippen molar-refractivity contribution in [2.75, 3.05) is 26.2 Å². The van der Waals surface area contributed by atoms with E-state index in [1.54, 1.807) is 0 Å². The van der Waals surface area contributed by atoms with Gasteiger partial charge in [-0.25, -0.2) is 0 Å². The molecule has 1 amide bonds. The first-order chi connectivity index (χ1) is 9.68. The molecule has 0 aromatic heterocycles. The summed E-state index contributed by atoms with van der Waals surface area (Å²) in [5, 5.41) is 6.24. The smallest absolute Gasteiger partial charge is 0.223 e. The van der Waals surface area contributed by atoms with Gasteiger partial charge in [-0.05, 0) is 50.9 Å². The number of hydrogen-bond donors (Lipinski definition) is 2. The quantitative estimate of drug-likeness (QED) is 0.820. The van der Waals surface area contributed by atoms with Gasteiger partial charge in [-0.1, -0.05) is 18.2 Å². The lowest BCUT2D eigenvalue weighted by Crippen LogP contribution is -2.39. The standard InChI is InChI=1S/C16H24N2O2.ClH/c1-12-4-3-5-13(2)15(12)20-11-10-18-16(19)14-6-8-17-9-7-14;/h3-5,14,17H,6-11H2,1-2H3,(H,18,19);1H. The van der Waals surface area contributed by atoms with Crippen molar-refractivity contribution in [1.29, 1.82) is 0 Å². The number of benzene rings is 1. The normalized spacial score (nSPS) is 15.1. The van der Waals surface area contributed by atoms with Gasteiger partial charge in [-0.3, -0.25) is 4.79 Å². The minimum absolute atomic E-state index is 0. The zero-order valence-electron chi connectivity index (χ0n) is 12.8. The Morgan fingerprint density at radius 2 is 1.90 bits per heavy atom. The van der Waals surface area contributed by atoms with Crippen molar-refractivity contribution in [3.63, 3.8) is 0 Å². The fraction of sp³-hybridized carbons (Fsp3) is 0.562. The summed E-state index contributed by atoms with van der Waals surface area (Å²) in [5.41, 5.74) is 2.27. The number of hydrogen-bond acceptors (Lipinski definition) is 3. The summed E-state index contributed by atoms with van der Waals surface area (Å²) in [6.07, 6.45) is 1.87. The Morgan fingerprint density at radius 3 is 2.52 bits per heavy atom. The zero-order valence-corrected chi connectivity index (χ0v) is 13.6. The van der Waals surface area contributed by atoms with Crippen molar-refractivity contribution in [3.8, 4) is 5.75 Å². The molecular weight excluding hydrogens is 288 g/mol. The average molecular weight is 313 g/mol. The lowest BCUT2D eigenvalue weighted by molar-refractivity contribution is -0.125. The molecule has 1 heterocycles. The second-order valence-corrected chi connectivity index (χ2v) is 5.38. The number of piperidine rings is 1. The van der Waals surface area contributed by atoms with Crippen LogP contribution in [0.4, 0.5) is 0 Å². The van der Waals surface area contributed by atoms with E-state index in [1.165, 1.54) is 0 Å². The topological polar surface area (TPSA) is 50.4 Å². The highest BCUT2D eigenvalue weighted by Gasteiger charge is 2.20. The Balaban J connectivity index is 0.00000220. The minimum atomic E-state index is 0. The molecule has 0 atom stereocenters. The van der Waals surface area contributed by atoms with Gasteiger partial charge in [-0.15, -0.1) is 12.4 Å². The van der Waals surface area contributed by atoms with Gasteiger partial charge in [0.05, 0.1) is 6.54 Å².